The molecule has 1 amide bonds. The Bertz CT molecular complexity index is 495. The van der Waals surface area contributed by atoms with Gasteiger partial charge in [-0.1, -0.05) is 32.4 Å². The van der Waals surface area contributed by atoms with Crippen molar-refractivity contribution < 1.29 is 14.3 Å². The molecule has 4 heteroatoms. The van der Waals surface area contributed by atoms with Crippen molar-refractivity contribution in [2.45, 2.75) is 39.3 Å². The van der Waals surface area contributed by atoms with E-state index in [4.69, 9.17) is 4.74 Å². The normalized spacial score (nSPS) is 20.4. The van der Waals surface area contributed by atoms with Gasteiger partial charge in [-0.2, -0.15) is 0 Å². The van der Waals surface area contributed by atoms with Gasteiger partial charge in [-0.05, 0) is 23.6 Å². The number of methoxy groups -OCH3 is 1. The number of amides is 1. The Hall–Kier alpha value is -1.84. The smallest absolute Gasteiger partial charge is 0.231 e. The first-order chi connectivity index (χ1) is 9.56. The summed E-state index contributed by atoms with van der Waals surface area (Å²) in [6, 6.07) is 7.34. The van der Waals surface area contributed by atoms with Gasteiger partial charge in [0.15, 0.2) is 5.78 Å². The highest BCUT2D eigenvalue weighted by atomic mass is 16.5. The molecule has 2 atom stereocenters. The molecule has 4 nitrogen and oxygen atoms in total. The number of carbonyl (C=O) groups excluding carboxylic acids is 2. The second-order valence-electron chi connectivity index (χ2n) is 5.34. The summed E-state index contributed by atoms with van der Waals surface area (Å²) in [5, 5.41) is 0. The average Bonchev–Trinajstić information content (AvgIpc) is 2.73. The molecule has 1 aliphatic rings. The second-order valence-corrected chi connectivity index (χ2v) is 5.34. The predicted octanol–water partition coefficient (Wildman–Crippen LogP) is 2.41. The molecule has 20 heavy (non-hydrogen) atoms. The van der Waals surface area contributed by atoms with Crippen molar-refractivity contribution in [3.63, 3.8) is 0 Å². The summed E-state index contributed by atoms with van der Waals surface area (Å²) in [6.07, 6.45) is 0.938. The van der Waals surface area contributed by atoms with Crippen LogP contribution in [0.4, 0.5) is 0 Å². The fraction of sp³-hybridized carbons (Fsp3) is 0.500. The van der Waals surface area contributed by atoms with Gasteiger partial charge < -0.3 is 9.64 Å². The highest BCUT2D eigenvalue weighted by Gasteiger charge is 2.40. The summed E-state index contributed by atoms with van der Waals surface area (Å²) >= 11 is 0. The van der Waals surface area contributed by atoms with Gasteiger partial charge in [0.05, 0.1) is 19.6 Å². The van der Waals surface area contributed by atoms with Gasteiger partial charge in [0.1, 0.15) is 5.75 Å². The van der Waals surface area contributed by atoms with Gasteiger partial charge in [-0.25, -0.2) is 0 Å². The number of rotatable bonds is 5. The summed E-state index contributed by atoms with van der Waals surface area (Å²) in [4.78, 5) is 25.7. The van der Waals surface area contributed by atoms with Gasteiger partial charge in [-0.3, -0.25) is 9.59 Å². The molecule has 0 bridgehead atoms. The zero-order chi connectivity index (χ0) is 14.7. The van der Waals surface area contributed by atoms with Gasteiger partial charge in [-0.15, -0.1) is 0 Å². The average molecular weight is 275 g/mol. The largest absolute Gasteiger partial charge is 0.497 e. The number of hydrogen-bond acceptors (Lipinski definition) is 3. The first-order valence-electron chi connectivity index (χ1n) is 7.02. The van der Waals surface area contributed by atoms with E-state index in [1.807, 2.05) is 38.1 Å². The van der Waals surface area contributed by atoms with Crippen LogP contribution in [0.5, 0.6) is 5.75 Å². The molecule has 1 fully saturated rings. The predicted molar refractivity (Wildman–Crippen MR) is 76.4 cm³/mol. The lowest BCUT2D eigenvalue weighted by atomic mass is 9.96. The first kappa shape index (κ1) is 14.6. The van der Waals surface area contributed by atoms with E-state index in [1.165, 1.54) is 0 Å². The fourth-order valence-electron chi connectivity index (χ4n) is 2.65. The van der Waals surface area contributed by atoms with Crippen molar-refractivity contribution in [2.75, 3.05) is 7.11 Å². The Morgan fingerprint density at radius 1 is 1.30 bits per heavy atom. The van der Waals surface area contributed by atoms with E-state index in [-0.39, 0.29) is 30.1 Å². The molecule has 0 aromatic heterocycles. The molecule has 1 aliphatic heterocycles. The van der Waals surface area contributed by atoms with E-state index in [0.29, 0.717) is 6.54 Å². The Morgan fingerprint density at radius 2 is 1.95 bits per heavy atom. The lowest BCUT2D eigenvalue weighted by Crippen LogP contribution is -2.39. The molecule has 0 radical (unpaired) electrons. The number of benzene rings is 1. The van der Waals surface area contributed by atoms with Crippen LogP contribution < -0.4 is 4.74 Å². The molecule has 1 heterocycles. The minimum atomic E-state index is -0.269. The lowest BCUT2D eigenvalue weighted by Gasteiger charge is -2.28. The molecule has 0 saturated carbocycles. The number of likely N-dealkylation sites (tertiary alicyclic amines) is 1. The molecule has 1 saturated heterocycles. The van der Waals surface area contributed by atoms with E-state index in [1.54, 1.807) is 12.0 Å². The van der Waals surface area contributed by atoms with Crippen LogP contribution in [0, 0.1) is 5.92 Å². The molecule has 0 aliphatic carbocycles. The number of nitrogens with zero attached hydrogens (tertiary/aromatic N) is 1. The van der Waals surface area contributed by atoms with Crippen molar-refractivity contribution in [1.82, 2.24) is 4.90 Å². The van der Waals surface area contributed by atoms with Crippen LogP contribution in [0.1, 0.15) is 32.3 Å². The Morgan fingerprint density at radius 3 is 2.50 bits per heavy atom. The summed E-state index contributed by atoms with van der Waals surface area (Å²) in [7, 11) is 1.62. The maximum absolute atomic E-state index is 12.0. The third-order valence-electron chi connectivity index (χ3n) is 4.01. The van der Waals surface area contributed by atoms with E-state index >= 15 is 0 Å². The Balaban J connectivity index is 2.16. The van der Waals surface area contributed by atoms with Crippen molar-refractivity contribution in [2.24, 2.45) is 5.92 Å². The zero-order valence-corrected chi connectivity index (χ0v) is 12.3. The third kappa shape index (κ3) is 2.84. The summed E-state index contributed by atoms with van der Waals surface area (Å²) in [5.74, 6) is 0.984. The van der Waals surface area contributed by atoms with Gasteiger partial charge in [0, 0.05) is 6.54 Å². The van der Waals surface area contributed by atoms with Crippen LogP contribution >= 0.6 is 0 Å². The molecule has 1 aromatic rings. The molecule has 2 rings (SSSR count). The second kappa shape index (κ2) is 6.07. The maximum atomic E-state index is 12.0. The minimum Gasteiger partial charge on any atom is -0.497 e. The summed E-state index contributed by atoms with van der Waals surface area (Å²) < 4.78 is 5.12. The summed E-state index contributed by atoms with van der Waals surface area (Å²) in [6.45, 7) is 4.57. The number of carbonyl (C=O) groups is 2. The van der Waals surface area contributed by atoms with Crippen LogP contribution in [0.3, 0.4) is 0 Å². The van der Waals surface area contributed by atoms with Crippen LogP contribution in [0.2, 0.25) is 0 Å². The molecule has 0 unspecified atom stereocenters. The Kier molecular flexibility index (Phi) is 4.42. The quantitative estimate of drug-likeness (QED) is 0.775. The van der Waals surface area contributed by atoms with Gasteiger partial charge >= 0.3 is 0 Å². The highest BCUT2D eigenvalue weighted by Crippen LogP contribution is 2.26. The van der Waals surface area contributed by atoms with Crippen LogP contribution in [-0.2, 0) is 16.1 Å². The minimum absolute atomic E-state index is 0.0468. The standard InChI is InChI=1S/C16H21NO3/c1-4-11(2)16-14(18)9-15(19)17(16)10-12-5-7-13(20-3)8-6-12/h5-8,11,16H,4,9-10H2,1-3H3/t11-,16-/m0/s1. The molecule has 0 N–H and O–H groups in total. The molecule has 108 valence electrons. The molecular formula is C16H21NO3. The number of Topliss-reactive ketones (excluding diaryl/α,β-unsaturated/α-hetero) is 1. The monoisotopic (exact) mass is 275 g/mol. The highest BCUT2D eigenvalue weighted by molar-refractivity contribution is 6.07. The molecule has 1 aromatic carbocycles. The lowest BCUT2D eigenvalue weighted by molar-refractivity contribution is -0.130. The van der Waals surface area contributed by atoms with E-state index < -0.39 is 0 Å². The third-order valence-corrected chi connectivity index (χ3v) is 4.01. The zero-order valence-electron chi connectivity index (χ0n) is 12.3. The molecular weight excluding hydrogens is 254 g/mol. The number of hydrogen-bond donors (Lipinski definition) is 0. The maximum Gasteiger partial charge on any atom is 0.231 e. The van der Waals surface area contributed by atoms with E-state index in [0.717, 1.165) is 17.7 Å². The first-order valence-corrected chi connectivity index (χ1v) is 7.02. The van der Waals surface area contributed by atoms with Crippen molar-refractivity contribution >= 4 is 11.7 Å². The van der Waals surface area contributed by atoms with E-state index in [9.17, 15) is 9.59 Å². The van der Waals surface area contributed by atoms with Crippen LogP contribution in [0.15, 0.2) is 24.3 Å². The van der Waals surface area contributed by atoms with Gasteiger partial charge in [0.2, 0.25) is 5.91 Å². The number of ketones is 1. The van der Waals surface area contributed by atoms with Crippen LogP contribution in [0.25, 0.3) is 0 Å². The van der Waals surface area contributed by atoms with Crippen molar-refractivity contribution in [1.29, 1.82) is 0 Å². The van der Waals surface area contributed by atoms with Gasteiger partial charge in [0.25, 0.3) is 0 Å². The molecule has 0 spiro atoms. The van der Waals surface area contributed by atoms with Crippen LogP contribution in [-0.4, -0.2) is 29.7 Å². The van der Waals surface area contributed by atoms with Crippen molar-refractivity contribution in [3.05, 3.63) is 29.8 Å². The Labute approximate surface area is 119 Å². The van der Waals surface area contributed by atoms with E-state index in [2.05, 4.69) is 0 Å². The fourth-order valence-corrected chi connectivity index (χ4v) is 2.65. The SMILES string of the molecule is CC[C@H](C)[C@H]1C(=O)CC(=O)N1Cc1ccc(OC)cc1. The van der Waals surface area contributed by atoms with Crippen molar-refractivity contribution in [3.8, 4) is 5.75 Å². The summed E-state index contributed by atoms with van der Waals surface area (Å²) in [5.41, 5.74) is 1.02. The number of ether oxygens (including phenoxy) is 1. The topological polar surface area (TPSA) is 46.6 Å².